The summed E-state index contributed by atoms with van der Waals surface area (Å²) in [5, 5.41) is 9.26. The zero-order valence-electron chi connectivity index (χ0n) is 9.67. The molecule has 0 bridgehead atoms. The molecule has 6 heteroatoms. The van der Waals surface area contributed by atoms with Crippen LogP contribution in [0.15, 0.2) is 29.2 Å². The molecule has 0 aromatic heterocycles. The first-order valence-corrected chi connectivity index (χ1v) is 6.98. The fourth-order valence-corrected chi connectivity index (χ4v) is 2.71. The lowest BCUT2D eigenvalue weighted by Crippen LogP contribution is -2.28. The quantitative estimate of drug-likeness (QED) is 0.760. The summed E-state index contributed by atoms with van der Waals surface area (Å²) in [6.07, 6.45) is -1.04. The second-order valence-electron chi connectivity index (χ2n) is 3.58. The van der Waals surface area contributed by atoms with Crippen LogP contribution in [0.5, 0.6) is 5.75 Å². The largest absolute Gasteiger partial charge is 0.494 e. The normalized spacial score (nSPS) is 13.4. The molecule has 0 radical (unpaired) electrons. The van der Waals surface area contributed by atoms with Gasteiger partial charge in [0, 0.05) is 6.54 Å². The number of aliphatic hydroxyl groups excluding tert-OH is 1. The Morgan fingerprint density at radius 3 is 2.41 bits per heavy atom. The van der Waals surface area contributed by atoms with Gasteiger partial charge in [0.15, 0.2) is 9.84 Å². The molecule has 96 valence electrons. The van der Waals surface area contributed by atoms with E-state index in [0.717, 1.165) is 0 Å². The maximum atomic E-state index is 11.8. The van der Waals surface area contributed by atoms with E-state index in [1.807, 2.05) is 6.92 Å². The van der Waals surface area contributed by atoms with E-state index in [1.165, 1.54) is 12.1 Å². The van der Waals surface area contributed by atoms with Gasteiger partial charge < -0.3 is 15.6 Å². The van der Waals surface area contributed by atoms with Gasteiger partial charge in [-0.3, -0.25) is 0 Å². The molecule has 17 heavy (non-hydrogen) atoms. The summed E-state index contributed by atoms with van der Waals surface area (Å²) in [5.41, 5.74) is 5.19. The smallest absolute Gasteiger partial charge is 0.180 e. The summed E-state index contributed by atoms with van der Waals surface area (Å²) < 4.78 is 28.8. The highest BCUT2D eigenvalue weighted by molar-refractivity contribution is 7.91. The molecule has 1 atom stereocenters. The van der Waals surface area contributed by atoms with Crippen LogP contribution >= 0.6 is 0 Å². The SMILES string of the molecule is CCOc1ccc(S(=O)(=O)CC(O)CN)cc1. The molecule has 0 fully saturated rings. The monoisotopic (exact) mass is 259 g/mol. The molecule has 1 aromatic carbocycles. The van der Waals surface area contributed by atoms with E-state index in [1.54, 1.807) is 12.1 Å². The third-order valence-electron chi connectivity index (χ3n) is 2.18. The average molecular weight is 259 g/mol. The van der Waals surface area contributed by atoms with E-state index in [9.17, 15) is 13.5 Å². The van der Waals surface area contributed by atoms with E-state index in [0.29, 0.717) is 12.4 Å². The van der Waals surface area contributed by atoms with Gasteiger partial charge in [0.1, 0.15) is 5.75 Å². The number of aliphatic hydroxyl groups is 1. The lowest BCUT2D eigenvalue weighted by Gasteiger charge is -2.09. The second-order valence-corrected chi connectivity index (χ2v) is 5.61. The topological polar surface area (TPSA) is 89.6 Å². The Balaban J connectivity index is 2.85. The minimum absolute atomic E-state index is 0.0732. The van der Waals surface area contributed by atoms with Crippen LogP contribution in [0.3, 0.4) is 0 Å². The van der Waals surface area contributed by atoms with Crippen LogP contribution in [0.4, 0.5) is 0 Å². The molecule has 0 aliphatic rings. The summed E-state index contributed by atoms with van der Waals surface area (Å²) >= 11 is 0. The summed E-state index contributed by atoms with van der Waals surface area (Å²) in [7, 11) is -3.49. The number of ether oxygens (including phenoxy) is 1. The standard InChI is InChI=1S/C11H17NO4S/c1-2-16-10-3-5-11(6-4-10)17(14,15)8-9(13)7-12/h3-6,9,13H,2,7-8,12H2,1H3. The Kier molecular flexibility index (Phi) is 4.92. The van der Waals surface area contributed by atoms with Crippen molar-refractivity contribution in [2.24, 2.45) is 5.73 Å². The summed E-state index contributed by atoms with van der Waals surface area (Å²) in [5.74, 6) is 0.253. The lowest BCUT2D eigenvalue weighted by atomic mass is 10.3. The van der Waals surface area contributed by atoms with Crippen LogP contribution in [-0.2, 0) is 9.84 Å². The molecule has 0 aliphatic heterocycles. The molecule has 0 heterocycles. The van der Waals surface area contributed by atoms with Crippen molar-refractivity contribution in [1.29, 1.82) is 0 Å². The molecular formula is C11H17NO4S. The molecule has 5 nitrogen and oxygen atoms in total. The van der Waals surface area contributed by atoms with Gasteiger partial charge in [-0.1, -0.05) is 0 Å². The lowest BCUT2D eigenvalue weighted by molar-refractivity contribution is 0.205. The Bertz CT molecular complexity index is 441. The second kappa shape index (κ2) is 6.00. The number of hydrogen-bond acceptors (Lipinski definition) is 5. The van der Waals surface area contributed by atoms with Crippen molar-refractivity contribution in [2.45, 2.75) is 17.9 Å². The molecule has 0 amide bonds. The molecular weight excluding hydrogens is 242 g/mol. The van der Waals surface area contributed by atoms with Crippen molar-refractivity contribution in [3.63, 3.8) is 0 Å². The summed E-state index contributed by atoms with van der Waals surface area (Å²) in [6, 6.07) is 6.10. The van der Waals surface area contributed by atoms with Crippen molar-refractivity contribution in [1.82, 2.24) is 0 Å². The molecule has 0 saturated carbocycles. The zero-order chi connectivity index (χ0) is 12.9. The molecule has 0 spiro atoms. The van der Waals surface area contributed by atoms with Crippen molar-refractivity contribution >= 4 is 9.84 Å². The van der Waals surface area contributed by atoms with Crippen molar-refractivity contribution in [2.75, 3.05) is 18.9 Å². The molecule has 1 rings (SSSR count). The Labute approximate surface area is 101 Å². The third kappa shape index (κ3) is 3.99. The fraction of sp³-hybridized carbons (Fsp3) is 0.455. The first-order chi connectivity index (χ1) is 7.99. The van der Waals surface area contributed by atoms with Crippen LogP contribution in [0.1, 0.15) is 6.92 Å². The van der Waals surface area contributed by atoms with E-state index in [2.05, 4.69) is 0 Å². The predicted octanol–water partition coefficient (Wildman–Crippen LogP) is 0.179. The van der Waals surface area contributed by atoms with Gasteiger partial charge in [-0.05, 0) is 31.2 Å². The number of hydrogen-bond donors (Lipinski definition) is 2. The highest BCUT2D eigenvalue weighted by atomic mass is 32.2. The fourth-order valence-electron chi connectivity index (χ4n) is 1.33. The minimum Gasteiger partial charge on any atom is -0.494 e. The van der Waals surface area contributed by atoms with E-state index in [4.69, 9.17) is 10.5 Å². The summed E-state index contributed by atoms with van der Waals surface area (Å²) in [6.45, 7) is 2.30. The molecule has 1 aromatic rings. The molecule has 0 aliphatic carbocycles. The van der Waals surface area contributed by atoms with E-state index < -0.39 is 15.9 Å². The highest BCUT2D eigenvalue weighted by Gasteiger charge is 2.18. The van der Waals surface area contributed by atoms with Gasteiger partial charge in [-0.2, -0.15) is 0 Å². The Hall–Kier alpha value is -1.11. The van der Waals surface area contributed by atoms with Gasteiger partial charge in [-0.25, -0.2) is 8.42 Å². The van der Waals surface area contributed by atoms with Gasteiger partial charge in [0.25, 0.3) is 0 Å². The first kappa shape index (κ1) is 14.0. The van der Waals surface area contributed by atoms with Gasteiger partial charge >= 0.3 is 0 Å². The van der Waals surface area contributed by atoms with Gasteiger partial charge in [0.05, 0.1) is 23.4 Å². The molecule has 1 unspecified atom stereocenters. The average Bonchev–Trinajstić information content (AvgIpc) is 2.29. The van der Waals surface area contributed by atoms with Crippen LogP contribution in [0.2, 0.25) is 0 Å². The molecule has 3 N–H and O–H groups in total. The third-order valence-corrected chi connectivity index (χ3v) is 3.99. The van der Waals surface area contributed by atoms with Crippen molar-refractivity contribution < 1.29 is 18.3 Å². The first-order valence-electron chi connectivity index (χ1n) is 5.33. The highest BCUT2D eigenvalue weighted by Crippen LogP contribution is 2.17. The van der Waals surface area contributed by atoms with Crippen LogP contribution in [-0.4, -0.2) is 38.5 Å². The maximum absolute atomic E-state index is 11.8. The van der Waals surface area contributed by atoms with E-state index >= 15 is 0 Å². The van der Waals surface area contributed by atoms with Gasteiger partial charge in [-0.15, -0.1) is 0 Å². The number of nitrogens with two attached hydrogens (primary N) is 1. The van der Waals surface area contributed by atoms with Crippen molar-refractivity contribution in [3.8, 4) is 5.75 Å². The minimum atomic E-state index is -3.49. The predicted molar refractivity (Wildman–Crippen MR) is 64.7 cm³/mol. The Morgan fingerprint density at radius 1 is 1.35 bits per heavy atom. The zero-order valence-corrected chi connectivity index (χ0v) is 10.5. The number of rotatable bonds is 6. The van der Waals surface area contributed by atoms with Gasteiger partial charge in [0.2, 0.25) is 0 Å². The maximum Gasteiger partial charge on any atom is 0.180 e. The van der Waals surface area contributed by atoms with Crippen LogP contribution in [0.25, 0.3) is 0 Å². The van der Waals surface area contributed by atoms with Crippen molar-refractivity contribution in [3.05, 3.63) is 24.3 Å². The van der Waals surface area contributed by atoms with Crippen LogP contribution < -0.4 is 10.5 Å². The Morgan fingerprint density at radius 2 is 1.94 bits per heavy atom. The molecule has 0 saturated heterocycles. The number of benzene rings is 1. The summed E-state index contributed by atoms with van der Waals surface area (Å²) in [4.78, 5) is 0.161. The number of sulfone groups is 1. The van der Waals surface area contributed by atoms with E-state index in [-0.39, 0.29) is 17.2 Å². The van der Waals surface area contributed by atoms with Crippen LogP contribution in [0, 0.1) is 0 Å².